The van der Waals surface area contributed by atoms with Crippen molar-refractivity contribution in [2.24, 2.45) is 0 Å². The number of ketones is 1. The Kier molecular flexibility index (Phi) is 9.19. The van der Waals surface area contributed by atoms with E-state index in [0.29, 0.717) is 45.4 Å². The van der Waals surface area contributed by atoms with Crippen LogP contribution in [0.3, 0.4) is 0 Å². The molecule has 0 atom stereocenters. The number of hydrogen-bond donors (Lipinski definition) is 2. The molecule has 0 bridgehead atoms. The van der Waals surface area contributed by atoms with Crippen LogP contribution in [0.15, 0.2) is 66.9 Å². The summed E-state index contributed by atoms with van der Waals surface area (Å²) >= 11 is 0. The number of aromatic nitrogens is 3. The third-order valence-electron chi connectivity index (χ3n) is 9.19. The fourth-order valence-electron chi connectivity index (χ4n) is 6.61. The van der Waals surface area contributed by atoms with Gasteiger partial charge in [-0.15, -0.1) is 0 Å². The monoisotopic (exact) mass is 674 g/mol. The number of piperidine rings is 1. The lowest BCUT2D eigenvalue weighted by Crippen LogP contribution is -2.49. The van der Waals surface area contributed by atoms with Crippen molar-refractivity contribution >= 4 is 28.2 Å². The number of carbonyl (C=O) groups is 1. The minimum atomic E-state index is -2.63. The fraction of sp³-hybridized carbons (Fsp3) is 0.333. The Morgan fingerprint density at radius 1 is 1.02 bits per heavy atom. The van der Waals surface area contributed by atoms with Crippen LogP contribution in [0.2, 0.25) is 0 Å². The van der Waals surface area contributed by atoms with Gasteiger partial charge in [0.25, 0.3) is 6.43 Å². The highest BCUT2D eigenvalue weighted by Gasteiger charge is 2.28. The summed E-state index contributed by atoms with van der Waals surface area (Å²) in [7, 11) is 0. The van der Waals surface area contributed by atoms with Crippen LogP contribution in [-0.4, -0.2) is 83.9 Å². The van der Waals surface area contributed by atoms with Crippen molar-refractivity contribution in [3.8, 4) is 22.9 Å². The number of rotatable bonds is 10. The number of benzene rings is 3. The van der Waals surface area contributed by atoms with Crippen LogP contribution in [0.25, 0.3) is 16.6 Å². The van der Waals surface area contributed by atoms with E-state index >= 15 is 0 Å². The summed E-state index contributed by atoms with van der Waals surface area (Å²) in [6.07, 6.45) is 0.650. The Balaban J connectivity index is 1.12. The number of alkyl halides is 2. The zero-order chi connectivity index (χ0) is 34.1. The first-order valence-electron chi connectivity index (χ1n) is 16.3. The highest BCUT2D eigenvalue weighted by Crippen LogP contribution is 2.37. The van der Waals surface area contributed by atoms with Crippen molar-refractivity contribution in [2.45, 2.75) is 32.2 Å². The van der Waals surface area contributed by atoms with Crippen molar-refractivity contribution in [3.63, 3.8) is 0 Å². The highest BCUT2D eigenvalue weighted by molar-refractivity contribution is 6.12. The quantitative estimate of drug-likeness (QED) is 0.165. The van der Waals surface area contributed by atoms with Crippen molar-refractivity contribution in [1.82, 2.24) is 19.7 Å². The number of carbonyl (C=O) groups excluding carboxylic acids is 1. The molecule has 0 spiro atoms. The standard InChI is InChI=1S/C36H37F3N6O4/c1-22-16-25(6-7-31(22)49-32-5-3-2-4-27(32)37)45-36(40)26(20-41-45)35(46)29-17-23-18-33(48-21-34(38)39)30(19-28(23)42-29)44-10-8-24(9-11-44)43-12-14-47-15-13-43/h2-7,16-20,24,34,42H,8-15,21,40H2,1H3. The zero-order valence-corrected chi connectivity index (χ0v) is 27.0. The number of anilines is 2. The molecule has 13 heteroatoms. The van der Waals surface area contributed by atoms with Gasteiger partial charge in [0.15, 0.2) is 11.6 Å². The van der Waals surface area contributed by atoms with Gasteiger partial charge in [0, 0.05) is 43.1 Å². The van der Waals surface area contributed by atoms with E-state index in [1.807, 2.05) is 13.0 Å². The average molecular weight is 675 g/mol. The van der Waals surface area contributed by atoms with Gasteiger partial charge in [0.1, 0.15) is 23.9 Å². The Morgan fingerprint density at radius 3 is 2.53 bits per heavy atom. The number of ether oxygens (including phenoxy) is 3. The Morgan fingerprint density at radius 2 is 1.80 bits per heavy atom. The largest absolute Gasteiger partial charge is 0.485 e. The molecule has 2 fully saturated rings. The van der Waals surface area contributed by atoms with Gasteiger partial charge in [0.2, 0.25) is 5.78 Å². The van der Waals surface area contributed by atoms with E-state index in [1.165, 1.54) is 16.9 Å². The maximum absolute atomic E-state index is 14.1. The first-order chi connectivity index (χ1) is 23.7. The number of nitrogens with one attached hydrogen (secondary N) is 1. The number of H-pyrrole nitrogens is 1. The molecule has 0 saturated carbocycles. The molecule has 2 aliphatic rings. The SMILES string of the molecule is Cc1cc(-n2ncc(C(=O)c3cc4cc(OCC(F)F)c(N5CCC(N6CCOCC6)CC5)cc4[nH]3)c2N)ccc1Oc1ccccc1F. The second kappa shape index (κ2) is 13.8. The van der Waals surface area contributed by atoms with E-state index in [2.05, 4.69) is 19.9 Å². The molecular formula is C36H37F3N6O4. The molecule has 0 aliphatic carbocycles. The third-order valence-corrected chi connectivity index (χ3v) is 9.19. The van der Waals surface area contributed by atoms with Gasteiger partial charge in [-0.25, -0.2) is 17.9 Å². The Bertz CT molecular complexity index is 1960. The fourth-order valence-corrected chi connectivity index (χ4v) is 6.61. The molecule has 4 heterocycles. The smallest absolute Gasteiger partial charge is 0.272 e. The number of para-hydroxylation sites is 1. The summed E-state index contributed by atoms with van der Waals surface area (Å²) < 4.78 is 58.9. The second-order valence-electron chi connectivity index (χ2n) is 12.3. The molecule has 7 rings (SSSR count). The predicted octanol–water partition coefficient (Wildman–Crippen LogP) is 6.35. The molecule has 3 N–H and O–H groups in total. The number of halogens is 3. The van der Waals surface area contributed by atoms with Crippen molar-refractivity contribution in [2.75, 3.05) is 56.6 Å². The van der Waals surface area contributed by atoms with Gasteiger partial charge in [-0.05, 0) is 73.9 Å². The first kappa shape index (κ1) is 32.5. The third kappa shape index (κ3) is 6.81. The molecule has 256 valence electrons. The van der Waals surface area contributed by atoms with Crippen molar-refractivity contribution in [1.29, 1.82) is 0 Å². The summed E-state index contributed by atoms with van der Waals surface area (Å²) in [5.41, 5.74) is 9.60. The van der Waals surface area contributed by atoms with E-state index in [4.69, 9.17) is 19.9 Å². The number of aromatic amines is 1. The van der Waals surface area contributed by atoms with Crippen molar-refractivity contribution < 1.29 is 32.2 Å². The number of aryl methyl sites for hydroxylation is 1. The normalized spacial score (nSPS) is 16.1. The lowest BCUT2D eigenvalue weighted by atomic mass is 10.0. The summed E-state index contributed by atoms with van der Waals surface area (Å²) in [5.74, 6) is 0.207. The van der Waals surface area contributed by atoms with Crippen molar-refractivity contribution in [3.05, 3.63) is 89.5 Å². The molecular weight excluding hydrogens is 637 g/mol. The van der Waals surface area contributed by atoms with Crippen LogP contribution in [-0.2, 0) is 4.74 Å². The second-order valence-corrected chi connectivity index (χ2v) is 12.3. The van der Waals surface area contributed by atoms with Crippen LogP contribution in [0.5, 0.6) is 17.2 Å². The average Bonchev–Trinajstić information content (AvgIpc) is 3.72. The molecule has 2 saturated heterocycles. The molecule has 10 nitrogen and oxygen atoms in total. The van der Waals surface area contributed by atoms with Crippen LogP contribution in [0.1, 0.15) is 34.5 Å². The van der Waals surface area contributed by atoms with Crippen LogP contribution < -0.4 is 20.1 Å². The van der Waals surface area contributed by atoms with Crippen LogP contribution in [0, 0.1) is 12.7 Å². The van der Waals surface area contributed by atoms with E-state index in [-0.39, 0.29) is 28.6 Å². The van der Waals surface area contributed by atoms with Crippen LogP contribution in [0.4, 0.5) is 24.7 Å². The maximum atomic E-state index is 14.1. The predicted molar refractivity (Wildman–Crippen MR) is 180 cm³/mol. The topological polar surface area (TPSA) is 111 Å². The van der Waals surface area contributed by atoms with Gasteiger partial charge >= 0.3 is 0 Å². The maximum Gasteiger partial charge on any atom is 0.272 e. The molecule has 0 amide bonds. The number of nitrogen functional groups attached to an aromatic ring is 1. The van der Waals surface area contributed by atoms with Gasteiger partial charge < -0.3 is 29.8 Å². The van der Waals surface area contributed by atoms with E-state index in [1.54, 1.807) is 48.5 Å². The van der Waals surface area contributed by atoms with E-state index in [9.17, 15) is 18.0 Å². The minimum Gasteiger partial charge on any atom is -0.485 e. The van der Waals surface area contributed by atoms with E-state index < -0.39 is 18.8 Å². The summed E-state index contributed by atoms with van der Waals surface area (Å²) in [6.45, 7) is 5.89. The summed E-state index contributed by atoms with van der Waals surface area (Å²) in [4.78, 5) is 21.6. The zero-order valence-electron chi connectivity index (χ0n) is 27.0. The lowest BCUT2D eigenvalue weighted by Gasteiger charge is -2.41. The number of morpholine rings is 1. The van der Waals surface area contributed by atoms with Crippen LogP contribution >= 0.6 is 0 Å². The minimum absolute atomic E-state index is 0.108. The Labute approximate surface area is 281 Å². The first-order valence-corrected chi connectivity index (χ1v) is 16.3. The summed E-state index contributed by atoms with van der Waals surface area (Å²) in [5, 5.41) is 5.02. The van der Waals surface area contributed by atoms with Gasteiger partial charge in [0.05, 0.1) is 42.0 Å². The lowest BCUT2D eigenvalue weighted by molar-refractivity contribution is 0.0114. The van der Waals surface area contributed by atoms with E-state index in [0.717, 1.165) is 52.2 Å². The highest BCUT2D eigenvalue weighted by atomic mass is 19.3. The Hall–Kier alpha value is -5.01. The molecule has 3 aromatic carbocycles. The van der Waals surface area contributed by atoms with Gasteiger partial charge in [-0.3, -0.25) is 9.69 Å². The molecule has 2 aliphatic heterocycles. The number of fused-ring (bicyclic) bond motifs is 1. The molecule has 49 heavy (non-hydrogen) atoms. The molecule has 2 aromatic heterocycles. The number of nitrogens with zero attached hydrogens (tertiary/aromatic N) is 4. The van der Waals surface area contributed by atoms with Gasteiger partial charge in [-0.2, -0.15) is 5.10 Å². The molecule has 0 unspecified atom stereocenters. The number of hydrogen-bond acceptors (Lipinski definition) is 8. The molecule has 0 radical (unpaired) electrons. The summed E-state index contributed by atoms with van der Waals surface area (Å²) in [6, 6.07) is 17.0. The number of nitrogens with two attached hydrogens (primary N) is 1. The molecule has 5 aromatic rings. The van der Waals surface area contributed by atoms with Gasteiger partial charge in [-0.1, -0.05) is 12.1 Å².